The minimum Gasteiger partial charge on any atom is -0.287 e. The Hall–Kier alpha value is -0.343. The molecule has 0 N–H and O–H groups in total. The molecule has 0 fully saturated rings. The van der Waals surface area contributed by atoms with Crippen molar-refractivity contribution in [3.63, 3.8) is 0 Å². The zero-order valence-corrected chi connectivity index (χ0v) is 5.22. The van der Waals surface area contributed by atoms with Crippen molar-refractivity contribution in [3.8, 4) is 0 Å². The summed E-state index contributed by atoms with van der Waals surface area (Å²) < 4.78 is 0. The van der Waals surface area contributed by atoms with Gasteiger partial charge >= 0.3 is 0 Å². The molecule has 0 aromatic heterocycles. The fraction of sp³-hybridized carbons (Fsp3) is 0.200. The normalized spacial score (nSPS) is 23.7. The molecule has 1 aliphatic heterocycles. The predicted molar refractivity (Wildman–Crippen MR) is 30.6 cm³/mol. The average molecular weight is 111 g/mol. The molecule has 2 heteroatoms. The summed E-state index contributed by atoms with van der Waals surface area (Å²) in [6.45, 7) is 1.77. The quantitative estimate of drug-likeness (QED) is 0.418. The Balaban J connectivity index is 2.77. The largest absolute Gasteiger partial charge is 0.287 e. The molecule has 37 valence electrons. The van der Waals surface area contributed by atoms with E-state index in [1.807, 2.05) is 12.2 Å². The third-order valence-electron chi connectivity index (χ3n) is 0.965. The van der Waals surface area contributed by atoms with E-state index in [1.54, 1.807) is 17.9 Å². The molecule has 0 saturated carbocycles. The maximum absolute atomic E-state index is 10.9. The van der Waals surface area contributed by atoms with E-state index in [0.29, 0.717) is 0 Å². The predicted octanol–water partition coefficient (Wildman–Crippen LogP) is 1.20. The first kappa shape index (κ1) is 4.81. The van der Waals surface area contributed by atoms with Gasteiger partial charge < -0.3 is 0 Å². The molecule has 0 aromatic rings. The molecule has 1 heterocycles. The summed E-state index contributed by atoms with van der Waals surface area (Å²) in [5.74, 6) is 0. The summed E-state index contributed by atoms with van der Waals surface area (Å²) in [6.07, 6.45) is 3.67. The van der Waals surface area contributed by atoms with E-state index in [0.717, 1.165) is 0 Å². The van der Waals surface area contributed by atoms with Crippen molar-refractivity contribution in [3.05, 3.63) is 23.6 Å². The van der Waals surface area contributed by atoms with E-state index < -0.39 is 8.32 Å². The average Bonchev–Trinajstić information content (AvgIpc) is 1.84. The first-order chi connectivity index (χ1) is 3.21. The third kappa shape index (κ3) is 1.01. The van der Waals surface area contributed by atoms with Gasteiger partial charge in [-0.1, -0.05) is 23.6 Å². The summed E-state index contributed by atoms with van der Waals surface area (Å²) in [6, 6.07) is 0. The van der Waals surface area contributed by atoms with Crippen molar-refractivity contribution in [2.45, 2.75) is 6.55 Å². The van der Waals surface area contributed by atoms with Gasteiger partial charge in [0.05, 0.1) is 0 Å². The molecule has 0 spiro atoms. The lowest BCUT2D eigenvalue weighted by molar-refractivity contribution is 0.448. The fourth-order valence-corrected chi connectivity index (χ4v) is 1.65. The van der Waals surface area contributed by atoms with Crippen LogP contribution < -0.4 is 0 Å². The second kappa shape index (κ2) is 1.32. The van der Waals surface area contributed by atoms with Crippen LogP contribution in [0.1, 0.15) is 0 Å². The standard InChI is InChI=1S/C5H7OSi/c1-7(6)4-2-3-5-7/h2-5H,1H3. The van der Waals surface area contributed by atoms with Crippen LogP contribution in [0.5, 0.6) is 0 Å². The van der Waals surface area contributed by atoms with E-state index in [9.17, 15) is 4.80 Å². The van der Waals surface area contributed by atoms with Gasteiger partial charge in [0.15, 0.2) is 0 Å². The number of rotatable bonds is 0. The summed E-state index contributed by atoms with van der Waals surface area (Å²) >= 11 is 0. The minimum atomic E-state index is -2.15. The van der Waals surface area contributed by atoms with E-state index in [1.165, 1.54) is 0 Å². The Bertz CT molecular complexity index is 110. The zero-order chi connectivity index (χ0) is 5.33. The molecule has 0 aromatic carbocycles. The first-order valence-corrected chi connectivity index (χ1v) is 4.84. The van der Waals surface area contributed by atoms with Crippen molar-refractivity contribution in [2.75, 3.05) is 0 Å². The van der Waals surface area contributed by atoms with Crippen molar-refractivity contribution >= 4 is 8.32 Å². The maximum Gasteiger partial charge on any atom is 0.281 e. The van der Waals surface area contributed by atoms with Crippen molar-refractivity contribution in [1.29, 1.82) is 0 Å². The summed E-state index contributed by atoms with van der Waals surface area (Å²) in [7, 11) is -2.15. The number of hydrogen-bond donors (Lipinski definition) is 0. The van der Waals surface area contributed by atoms with Crippen LogP contribution in [0.2, 0.25) is 6.55 Å². The Morgan fingerprint density at radius 1 is 1.29 bits per heavy atom. The maximum atomic E-state index is 10.9. The van der Waals surface area contributed by atoms with Crippen LogP contribution in [-0.2, 0) is 4.80 Å². The van der Waals surface area contributed by atoms with Crippen molar-refractivity contribution in [2.24, 2.45) is 0 Å². The zero-order valence-electron chi connectivity index (χ0n) is 4.22. The van der Waals surface area contributed by atoms with E-state index in [-0.39, 0.29) is 0 Å². The highest BCUT2D eigenvalue weighted by atomic mass is 28.4. The highest BCUT2D eigenvalue weighted by Gasteiger charge is 2.20. The van der Waals surface area contributed by atoms with Crippen LogP contribution in [0.3, 0.4) is 0 Å². The molecule has 0 unspecified atom stereocenters. The van der Waals surface area contributed by atoms with Gasteiger partial charge in [-0.05, 0) is 6.55 Å². The van der Waals surface area contributed by atoms with Crippen LogP contribution in [0, 0.1) is 0 Å². The Morgan fingerprint density at radius 2 is 1.71 bits per heavy atom. The van der Waals surface area contributed by atoms with Crippen LogP contribution in [-0.4, -0.2) is 8.32 Å². The molecule has 1 radical (unpaired) electrons. The lowest BCUT2D eigenvalue weighted by atomic mass is 10.6. The van der Waals surface area contributed by atoms with Crippen LogP contribution in [0.4, 0.5) is 0 Å². The van der Waals surface area contributed by atoms with Gasteiger partial charge in [-0.25, -0.2) is 0 Å². The monoisotopic (exact) mass is 111 g/mol. The summed E-state index contributed by atoms with van der Waals surface area (Å²) in [5, 5.41) is 0. The summed E-state index contributed by atoms with van der Waals surface area (Å²) in [4.78, 5) is 10.9. The van der Waals surface area contributed by atoms with Gasteiger partial charge in [-0.2, -0.15) is 0 Å². The van der Waals surface area contributed by atoms with Crippen LogP contribution in [0.25, 0.3) is 0 Å². The van der Waals surface area contributed by atoms with E-state index >= 15 is 0 Å². The molecule has 0 amide bonds. The second-order valence-corrected chi connectivity index (χ2v) is 4.94. The van der Waals surface area contributed by atoms with Crippen LogP contribution in [0.15, 0.2) is 23.6 Å². The van der Waals surface area contributed by atoms with Gasteiger partial charge in [-0.3, -0.25) is 4.80 Å². The molecule has 0 aliphatic carbocycles. The smallest absolute Gasteiger partial charge is 0.281 e. The lowest BCUT2D eigenvalue weighted by Crippen LogP contribution is -2.19. The van der Waals surface area contributed by atoms with Crippen molar-refractivity contribution in [1.82, 2.24) is 0 Å². The molecule has 0 bridgehead atoms. The minimum absolute atomic E-state index is 1.77. The topological polar surface area (TPSA) is 19.9 Å². The molecule has 1 aliphatic rings. The molecule has 1 rings (SSSR count). The fourth-order valence-electron chi connectivity index (χ4n) is 0.549. The molecular formula is C5H7OSi. The first-order valence-electron chi connectivity index (χ1n) is 2.28. The molecular weight excluding hydrogens is 104 g/mol. The van der Waals surface area contributed by atoms with E-state index in [4.69, 9.17) is 0 Å². The summed E-state index contributed by atoms with van der Waals surface area (Å²) in [5.41, 5.74) is 3.54. The Labute approximate surface area is 44.1 Å². The molecule has 1 nitrogen and oxygen atoms in total. The van der Waals surface area contributed by atoms with Gasteiger partial charge in [0.25, 0.3) is 8.32 Å². The number of allylic oxidation sites excluding steroid dienone is 2. The van der Waals surface area contributed by atoms with Crippen molar-refractivity contribution < 1.29 is 4.80 Å². The lowest BCUT2D eigenvalue weighted by Gasteiger charge is -1.97. The Morgan fingerprint density at radius 3 is 1.86 bits per heavy atom. The van der Waals surface area contributed by atoms with Gasteiger partial charge in [0.2, 0.25) is 0 Å². The van der Waals surface area contributed by atoms with Gasteiger partial charge in [0.1, 0.15) is 0 Å². The van der Waals surface area contributed by atoms with Crippen LogP contribution >= 0.6 is 0 Å². The molecule has 0 saturated heterocycles. The highest BCUT2D eigenvalue weighted by molar-refractivity contribution is 6.81. The highest BCUT2D eigenvalue weighted by Crippen LogP contribution is 2.08. The molecule has 7 heavy (non-hydrogen) atoms. The van der Waals surface area contributed by atoms with Gasteiger partial charge in [0, 0.05) is 0 Å². The second-order valence-electron chi connectivity index (χ2n) is 1.90. The number of hydrogen-bond acceptors (Lipinski definition) is 0. The van der Waals surface area contributed by atoms with Gasteiger partial charge in [-0.15, -0.1) is 0 Å². The molecule has 0 atom stereocenters. The van der Waals surface area contributed by atoms with E-state index in [2.05, 4.69) is 0 Å². The third-order valence-corrected chi connectivity index (χ3v) is 2.67. The SMILES string of the molecule is C[Si]1([O])C=CC=C1. The Kier molecular flexibility index (Phi) is 0.903.